The second-order valence-corrected chi connectivity index (χ2v) is 17.5. The van der Waals surface area contributed by atoms with Gasteiger partial charge in [0.25, 0.3) is 0 Å². The number of Topliss-reactive ketones (excluding diaryl/α,β-unsaturated/α-hetero) is 2. The first-order chi connectivity index (χ1) is 31.7. The van der Waals surface area contributed by atoms with E-state index in [1.165, 1.54) is 11.1 Å². The van der Waals surface area contributed by atoms with Gasteiger partial charge in [-0.25, -0.2) is 4.98 Å². The molecule has 316 valence electrons. The maximum atomic E-state index is 14.0. The maximum Gasteiger partial charge on any atom is 0.197 e. The summed E-state index contributed by atoms with van der Waals surface area (Å²) >= 11 is 0. The quantitative estimate of drug-likeness (QED) is 0.107. The molecule has 2 aliphatic rings. The summed E-state index contributed by atoms with van der Waals surface area (Å²) in [7, 11) is 0. The zero-order chi connectivity index (χ0) is 44.8. The average molecular weight is 844 g/mol. The van der Waals surface area contributed by atoms with E-state index in [0.717, 1.165) is 78.8 Å². The van der Waals surface area contributed by atoms with Crippen LogP contribution in [0.3, 0.4) is 0 Å². The summed E-state index contributed by atoms with van der Waals surface area (Å²) < 4.78 is 0. The normalized spacial score (nSPS) is 13.9. The van der Waals surface area contributed by atoms with Gasteiger partial charge in [-0.2, -0.15) is 0 Å². The first kappa shape index (κ1) is 41.1. The summed E-state index contributed by atoms with van der Waals surface area (Å²) in [6.45, 7) is 11.1. The summed E-state index contributed by atoms with van der Waals surface area (Å²) in [6.07, 6.45) is 5.54. The summed E-state index contributed by atoms with van der Waals surface area (Å²) in [4.78, 5) is 37.8. The summed E-state index contributed by atoms with van der Waals surface area (Å²) in [6, 6.07) is 60.8. The van der Waals surface area contributed by atoms with Crippen LogP contribution in [-0.2, 0) is 0 Å². The van der Waals surface area contributed by atoms with Crippen molar-refractivity contribution in [2.45, 2.75) is 46.5 Å². The second kappa shape index (κ2) is 17.0. The number of rotatable bonds is 9. The van der Waals surface area contributed by atoms with Crippen molar-refractivity contribution in [3.8, 4) is 44.5 Å². The number of aromatic nitrogens is 1. The number of hydrogen-bond donors (Lipinski definition) is 0. The molecule has 1 aromatic heterocycles. The van der Waals surface area contributed by atoms with E-state index in [0.29, 0.717) is 11.1 Å². The number of fused-ring (bicyclic) bond motifs is 2. The van der Waals surface area contributed by atoms with Crippen LogP contribution < -0.4 is 9.80 Å². The second-order valence-electron chi connectivity index (χ2n) is 17.5. The molecule has 5 heteroatoms. The van der Waals surface area contributed by atoms with Crippen LogP contribution in [0.2, 0.25) is 0 Å². The van der Waals surface area contributed by atoms with Crippen LogP contribution in [0.1, 0.15) is 76.9 Å². The minimum Gasteiger partial charge on any atom is -0.291 e. The van der Waals surface area contributed by atoms with Gasteiger partial charge in [0.2, 0.25) is 0 Å². The van der Waals surface area contributed by atoms with Crippen molar-refractivity contribution in [3.63, 3.8) is 0 Å². The van der Waals surface area contributed by atoms with Gasteiger partial charge in [0.05, 0.1) is 22.6 Å². The Morgan fingerprint density at radius 3 is 1.40 bits per heavy atom. The number of allylic oxidation sites excluding steroid dienone is 3. The molecule has 2 heterocycles. The number of anilines is 4. The molecule has 8 aromatic rings. The molecule has 0 saturated carbocycles. The molecular weight excluding hydrogens is 795 g/mol. The number of pyridine rings is 1. The molecule has 1 aliphatic carbocycles. The molecule has 0 N–H and O–H groups in total. The Hall–Kier alpha value is -7.89. The number of nitrogens with zero attached hydrogens (tertiary/aromatic N) is 3. The molecule has 7 aromatic carbocycles. The molecule has 10 rings (SSSR count). The van der Waals surface area contributed by atoms with E-state index in [1.807, 2.05) is 42.6 Å². The zero-order valence-electron chi connectivity index (χ0n) is 37.3. The van der Waals surface area contributed by atoms with Crippen LogP contribution in [-0.4, -0.2) is 16.6 Å². The number of carbonyl (C=O) groups excluding carboxylic acids is 2. The summed E-state index contributed by atoms with van der Waals surface area (Å²) in [5, 5.41) is 0. The Morgan fingerprint density at radius 2 is 0.908 bits per heavy atom. The molecule has 0 radical (unpaired) electrons. The highest BCUT2D eigenvalue weighted by molar-refractivity contribution is 6.39. The highest BCUT2D eigenvalue weighted by Gasteiger charge is 2.40. The predicted octanol–water partition coefficient (Wildman–Crippen LogP) is 15.4. The van der Waals surface area contributed by atoms with Crippen LogP contribution in [0.15, 0.2) is 206 Å². The highest BCUT2D eigenvalue weighted by Crippen LogP contribution is 2.56. The van der Waals surface area contributed by atoms with Crippen molar-refractivity contribution in [1.82, 2.24) is 4.98 Å². The van der Waals surface area contributed by atoms with Crippen molar-refractivity contribution >= 4 is 34.4 Å². The number of benzene rings is 7. The molecule has 0 unspecified atom stereocenters. The first-order valence-corrected chi connectivity index (χ1v) is 22.4. The van der Waals surface area contributed by atoms with E-state index in [4.69, 9.17) is 4.98 Å². The van der Waals surface area contributed by atoms with Crippen LogP contribution in [0.25, 0.3) is 44.5 Å². The van der Waals surface area contributed by atoms with Gasteiger partial charge in [0, 0.05) is 28.5 Å². The van der Waals surface area contributed by atoms with Crippen molar-refractivity contribution in [1.29, 1.82) is 0 Å². The third-order valence-corrected chi connectivity index (χ3v) is 12.6. The molecule has 0 fully saturated rings. The Kier molecular flexibility index (Phi) is 10.8. The lowest BCUT2D eigenvalue weighted by Crippen LogP contribution is -2.25. The molecule has 0 amide bonds. The third-order valence-electron chi connectivity index (χ3n) is 12.6. The fourth-order valence-corrected chi connectivity index (χ4v) is 9.43. The third kappa shape index (κ3) is 7.39. The molecule has 1 aliphatic heterocycles. The van der Waals surface area contributed by atoms with Crippen LogP contribution in [0.5, 0.6) is 0 Å². The van der Waals surface area contributed by atoms with E-state index in [2.05, 4.69) is 178 Å². The molecular formula is C60H49N3O2. The molecule has 0 spiro atoms. The van der Waals surface area contributed by atoms with E-state index in [9.17, 15) is 9.59 Å². The molecule has 5 nitrogen and oxygen atoms in total. The minimum atomic E-state index is -0.270. The van der Waals surface area contributed by atoms with E-state index < -0.39 is 0 Å². The molecule has 0 atom stereocenters. The Morgan fingerprint density at radius 1 is 0.446 bits per heavy atom. The lowest BCUT2D eigenvalue weighted by molar-refractivity contribution is 0.0988. The maximum absolute atomic E-state index is 14.0. The topological polar surface area (TPSA) is 53.5 Å². The van der Waals surface area contributed by atoms with Gasteiger partial charge < -0.3 is 0 Å². The fraction of sp³-hybridized carbons (Fsp3) is 0.117. The van der Waals surface area contributed by atoms with Crippen molar-refractivity contribution in [2.24, 2.45) is 0 Å². The Labute approximate surface area is 381 Å². The highest BCUT2D eigenvalue weighted by atomic mass is 16.2. The zero-order valence-corrected chi connectivity index (χ0v) is 37.3. The van der Waals surface area contributed by atoms with Gasteiger partial charge in [0.15, 0.2) is 17.4 Å². The Bertz CT molecular complexity index is 3010. The molecule has 65 heavy (non-hydrogen) atoms. The van der Waals surface area contributed by atoms with Crippen LogP contribution >= 0.6 is 0 Å². The van der Waals surface area contributed by atoms with Crippen molar-refractivity contribution < 1.29 is 9.59 Å². The van der Waals surface area contributed by atoms with Gasteiger partial charge in [-0.05, 0) is 105 Å². The first-order valence-electron chi connectivity index (χ1n) is 22.4. The number of aryl methyl sites for hydroxylation is 1. The number of ketones is 2. The number of carbonyl (C=O) groups is 2. The number of hydrogen-bond acceptors (Lipinski definition) is 5. The van der Waals surface area contributed by atoms with Crippen molar-refractivity contribution in [2.75, 3.05) is 9.80 Å². The predicted molar refractivity (Wildman–Crippen MR) is 267 cm³/mol. The SMILES string of the molecule is Cc1cc(-c2ccc(-c3ccccc3)cc2)c(N2/C(=C/C=C3C(=O)c4ccccc4C3=O)N(c3c(C(C)C)cccc3C(C)C)c3ncccc32)c(-c2ccc(-c3ccccc3)cc2)c1. The standard InChI is InChI=1S/C60H49N3O2/c1-38(2)47-22-14-23-48(39(3)4)56(47)63-55(34-33-51-58(64)49-20-12-13-21-50(49)59(51)65)62(54-24-15-35-61-60(54)63)57-52(45-29-25-43(26-30-45)41-16-8-6-9-17-41)36-40(5)37-53(57)46-31-27-44(28-32-46)42-18-10-7-11-19-42/h6-39H,1-5H3/b55-34-. The molecule has 0 saturated heterocycles. The van der Waals surface area contributed by atoms with Gasteiger partial charge in [-0.15, -0.1) is 0 Å². The van der Waals surface area contributed by atoms with Gasteiger partial charge in [-0.1, -0.05) is 179 Å². The lowest BCUT2D eigenvalue weighted by Gasteiger charge is -2.32. The largest absolute Gasteiger partial charge is 0.291 e. The van der Waals surface area contributed by atoms with Gasteiger partial charge in [-0.3, -0.25) is 19.4 Å². The molecule has 0 bridgehead atoms. The van der Waals surface area contributed by atoms with Gasteiger partial charge in [0.1, 0.15) is 5.82 Å². The lowest BCUT2D eigenvalue weighted by atomic mass is 9.91. The summed E-state index contributed by atoms with van der Waals surface area (Å²) in [5.74, 6) is 1.32. The monoisotopic (exact) mass is 843 g/mol. The van der Waals surface area contributed by atoms with E-state index in [-0.39, 0.29) is 29.0 Å². The van der Waals surface area contributed by atoms with Crippen LogP contribution in [0, 0.1) is 6.92 Å². The van der Waals surface area contributed by atoms with Crippen LogP contribution in [0.4, 0.5) is 22.9 Å². The summed E-state index contributed by atoms with van der Waals surface area (Å²) in [5.41, 5.74) is 16.1. The average Bonchev–Trinajstić information content (AvgIpc) is 3.79. The Balaban J connectivity index is 1.27. The smallest absolute Gasteiger partial charge is 0.197 e. The van der Waals surface area contributed by atoms with Gasteiger partial charge >= 0.3 is 0 Å². The van der Waals surface area contributed by atoms with E-state index in [1.54, 1.807) is 18.2 Å². The number of para-hydroxylation sites is 1. The van der Waals surface area contributed by atoms with E-state index >= 15 is 0 Å². The van der Waals surface area contributed by atoms with Crippen molar-refractivity contribution in [3.05, 3.63) is 233 Å². The fourth-order valence-electron chi connectivity index (χ4n) is 9.43. The minimum absolute atomic E-state index is 0.140.